The Kier molecular flexibility index (Phi) is 6.18. The summed E-state index contributed by atoms with van der Waals surface area (Å²) in [5.74, 6) is -0.804. The fourth-order valence-electron chi connectivity index (χ4n) is 3.88. The third-order valence-corrected chi connectivity index (χ3v) is 6.61. The molecule has 0 spiro atoms. The molecule has 0 radical (unpaired) electrons. The summed E-state index contributed by atoms with van der Waals surface area (Å²) in [4.78, 5) is 14.5. The monoisotopic (exact) mass is 506 g/mol. The SMILES string of the molecule is Cc1c(-c2ccc(Cl)cc2)c(C(=O)N2C=CS(=O)(=O)C=C2)n(Cc2ccccc2)c1C(F)(F)F. The van der Waals surface area contributed by atoms with Crippen LogP contribution in [0.25, 0.3) is 11.1 Å². The topological polar surface area (TPSA) is 59.4 Å². The minimum absolute atomic E-state index is 0.0974. The van der Waals surface area contributed by atoms with Gasteiger partial charge in [0.25, 0.3) is 5.91 Å². The molecule has 0 N–H and O–H groups in total. The number of halogens is 4. The van der Waals surface area contributed by atoms with Crippen molar-refractivity contribution in [3.8, 4) is 11.1 Å². The number of alkyl halides is 3. The van der Waals surface area contributed by atoms with E-state index in [0.717, 1.165) is 32.7 Å². The average Bonchev–Trinajstić information content (AvgIpc) is 3.06. The third kappa shape index (κ3) is 4.67. The van der Waals surface area contributed by atoms with E-state index in [2.05, 4.69) is 0 Å². The average molecular weight is 507 g/mol. The normalized spacial score (nSPS) is 15.0. The Hall–Kier alpha value is -3.30. The van der Waals surface area contributed by atoms with Crippen LogP contribution in [-0.4, -0.2) is 23.8 Å². The number of rotatable bonds is 4. The fraction of sp³-hybridized carbons (Fsp3) is 0.125. The molecule has 1 aromatic heterocycles. The van der Waals surface area contributed by atoms with Crippen LogP contribution in [0.3, 0.4) is 0 Å². The van der Waals surface area contributed by atoms with Crippen LogP contribution < -0.4 is 0 Å². The van der Waals surface area contributed by atoms with E-state index in [1.807, 2.05) is 0 Å². The number of hydrogen-bond acceptors (Lipinski definition) is 3. The molecular formula is C24H18ClF3N2O3S. The Morgan fingerprint density at radius 1 is 0.971 bits per heavy atom. The first-order chi connectivity index (χ1) is 16.0. The lowest BCUT2D eigenvalue weighted by Gasteiger charge is -2.20. The summed E-state index contributed by atoms with van der Waals surface area (Å²) in [6.45, 7) is 1.10. The summed E-state index contributed by atoms with van der Waals surface area (Å²) in [7, 11) is -3.64. The summed E-state index contributed by atoms with van der Waals surface area (Å²) in [5, 5.41) is 2.02. The highest BCUT2D eigenvalue weighted by Gasteiger charge is 2.41. The van der Waals surface area contributed by atoms with Crippen LogP contribution in [0.2, 0.25) is 5.02 Å². The second kappa shape index (κ2) is 8.81. The molecule has 2 aromatic carbocycles. The molecule has 34 heavy (non-hydrogen) atoms. The molecule has 2 heterocycles. The Morgan fingerprint density at radius 3 is 2.12 bits per heavy atom. The third-order valence-electron chi connectivity index (χ3n) is 5.35. The van der Waals surface area contributed by atoms with Crippen LogP contribution in [0.15, 0.2) is 77.8 Å². The Labute approximate surface area is 199 Å². The first kappa shape index (κ1) is 23.8. The number of hydrogen-bond donors (Lipinski definition) is 0. The lowest BCUT2D eigenvalue weighted by atomic mass is 10.0. The fourth-order valence-corrected chi connectivity index (χ4v) is 4.70. The van der Waals surface area contributed by atoms with Gasteiger partial charge in [0.05, 0.1) is 10.8 Å². The summed E-state index contributed by atoms with van der Waals surface area (Å²) < 4.78 is 67.3. The van der Waals surface area contributed by atoms with Crippen molar-refractivity contribution in [1.29, 1.82) is 0 Å². The molecule has 1 aliphatic rings. The minimum Gasteiger partial charge on any atom is -0.328 e. The number of nitrogens with zero attached hydrogens (tertiary/aromatic N) is 2. The van der Waals surface area contributed by atoms with Gasteiger partial charge in [-0.3, -0.25) is 9.69 Å². The molecule has 1 amide bonds. The molecule has 10 heteroatoms. The van der Waals surface area contributed by atoms with Gasteiger partial charge < -0.3 is 4.57 Å². The van der Waals surface area contributed by atoms with E-state index >= 15 is 0 Å². The number of benzene rings is 2. The molecule has 0 fully saturated rings. The zero-order valence-corrected chi connectivity index (χ0v) is 19.3. The number of amides is 1. The van der Waals surface area contributed by atoms with E-state index in [4.69, 9.17) is 11.6 Å². The zero-order chi connectivity index (χ0) is 24.7. The summed E-state index contributed by atoms with van der Waals surface area (Å²) >= 11 is 5.97. The molecule has 3 aromatic rings. The van der Waals surface area contributed by atoms with Crippen molar-refractivity contribution in [3.63, 3.8) is 0 Å². The molecule has 0 saturated carbocycles. The van der Waals surface area contributed by atoms with E-state index in [1.165, 1.54) is 19.1 Å². The molecule has 176 valence electrons. The molecule has 0 aliphatic carbocycles. The van der Waals surface area contributed by atoms with Gasteiger partial charge in [0.2, 0.25) is 0 Å². The predicted molar refractivity (Wildman–Crippen MR) is 124 cm³/mol. The van der Waals surface area contributed by atoms with Crippen LogP contribution in [-0.2, 0) is 22.6 Å². The molecular weight excluding hydrogens is 489 g/mol. The van der Waals surface area contributed by atoms with Gasteiger partial charge in [-0.25, -0.2) is 8.42 Å². The molecule has 0 atom stereocenters. The Bertz CT molecular complexity index is 1390. The van der Waals surface area contributed by atoms with Crippen molar-refractivity contribution in [2.45, 2.75) is 19.6 Å². The van der Waals surface area contributed by atoms with Crippen LogP contribution in [0.4, 0.5) is 13.2 Å². The highest BCUT2D eigenvalue weighted by atomic mass is 35.5. The Morgan fingerprint density at radius 2 is 1.56 bits per heavy atom. The molecule has 0 saturated heterocycles. The standard InChI is InChI=1S/C24H18ClF3N2O3S/c1-16-20(18-7-9-19(25)10-8-18)21(23(31)29-11-13-34(32,33)14-12-29)30(22(16)24(26,27)28)15-17-5-3-2-4-6-17/h2-14H,15H2,1H3. The van der Waals surface area contributed by atoms with E-state index in [0.29, 0.717) is 16.1 Å². The number of carbonyl (C=O) groups is 1. The van der Waals surface area contributed by atoms with Gasteiger partial charge in [-0.15, -0.1) is 0 Å². The van der Waals surface area contributed by atoms with Crippen molar-refractivity contribution < 1.29 is 26.4 Å². The second-order valence-electron chi connectivity index (χ2n) is 7.65. The van der Waals surface area contributed by atoms with Gasteiger partial charge in [-0.1, -0.05) is 54.1 Å². The van der Waals surface area contributed by atoms with Crippen molar-refractivity contribution in [2.75, 3.05) is 0 Å². The van der Waals surface area contributed by atoms with Crippen LogP contribution in [0.1, 0.15) is 27.3 Å². The molecule has 5 nitrogen and oxygen atoms in total. The van der Waals surface area contributed by atoms with Crippen molar-refractivity contribution in [2.24, 2.45) is 0 Å². The lowest BCUT2D eigenvalue weighted by Crippen LogP contribution is -2.27. The van der Waals surface area contributed by atoms with Crippen LogP contribution in [0.5, 0.6) is 0 Å². The van der Waals surface area contributed by atoms with Crippen LogP contribution in [0, 0.1) is 6.92 Å². The summed E-state index contributed by atoms with van der Waals surface area (Å²) in [6.07, 6.45) is -2.72. The molecule has 0 bridgehead atoms. The molecule has 1 aliphatic heterocycles. The smallest absolute Gasteiger partial charge is 0.328 e. The van der Waals surface area contributed by atoms with E-state index in [1.54, 1.807) is 42.5 Å². The van der Waals surface area contributed by atoms with Gasteiger partial charge in [-0.05, 0) is 35.7 Å². The first-order valence-electron chi connectivity index (χ1n) is 10.0. The number of sulfone groups is 1. The van der Waals surface area contributed by atoms with E-state index in [-0.39, 0.29) is 23.4 Å². The lowest BCUT2D eigenvalue weighted by molar-refractivity contribution is -0.143. The summed E-state index contributed by atoms with van der Waals surface area (Å²) in [5.41, 5.74) is -0.258. The van der Waals surface area contributed by atoms with Gasteiger partial charge in [-0.2, -0.15) is 13.2 Å². The highest BCUT2D eigenvalue weighted by Crippen LogP contribution is 2.42. The maximum Gasteiger partial charge on any atom is 0.431 e. The predicted octanol–water partition coefficient (Wildman–Crippen LogP) is 6.00. The van der Waals surface area contributed by atoms with Crippen molar-refractivity contribution >= 4 is 27.3 Å². The first-order valence-corrected chi connectivity index (χ1v) is 12.0. The van der Waals surface area contributed by atoms with E-state index in [9.17, 15) is 26.4 Å². The zero-order valence-electron chi connectivity index (χ0n) is 17.8. The largest absolute Gasteiger partial charge is 0.431 e. The maximum atomic E-state index is 14.3. The molecule has 4 rings (SSSR count). The quantitative estimate of drug-likeness (QED) is 0.436. The Balaban J connectivity index is 2.00. The second-order valence-corrected chi connectivity index (χ2v) is 9.80. The van der Waals surface area contributed by atoms with Gasteiger partial charge >= 0.3 is 6.18 Å². The minimum atomic E-state index is -4.75. The molecule has 0 unspecified atom stereocenters. The van der Waals surface area contributed by atoms with E-state index < -0.39 is 27.6 Å². The van der Waals surface area contributed by atoms with Crippen molar-refractivity contribution in [1.82, 2.24) is 9.47 Å². The van der Waals surface area contributed by atoms with Gasteiger partial charge in [0.15, 0.2) is 9.84 Å². The van der Waals surface area contributed by atoms with Crippen LogP contribution >= 0.6 is 11.6 Å². The number of aromatic nitrogens is 1. The van der Waals surface area contributed by atoms with Gasteiger partial charge in [0.1, 0.15) is 11.4 Å². The van der Waals surface area contributed by atoms with Gasteiger partial charge in [0, 0.05) is 29.5 Å². The highest BCUT2D eigenvalue weighted by molar-refractivity contribution is 7.97. The van der Waals surface area contributed by atoms with Crippen molar-refractivity contribution in [3.05, 3.63) is 105 Å². The maximum absolute atomic E-state index is 14.3. The summed E-state index contributed by atoms with van der Waals surface area (Å²) in [6, 6.07) is 14.6. The number of carbonyl (C=O) groups excluding carboxylic acids is 1.